The van der Waals surface area contributed by atoms with Gasteiger partial charge in [-0.1, -0.05) is 49.4 Å². The topological polar surface area (TPSA) is 20.2 Å². The highest BCUT2D eigenvalue weighted by molar-refractivity contribution is 5.35. The van der Waals surface area contributed by atoms with Gasteiger partial charge in [-0.2, -0.15) is 0 Å². The minimum Gasteiger partial charge on any atom is -0.395 e. The molecule has 19 heavy (non-hydrogen) atoms. The van der Waals surface area contributed by atoms with E-state index in [4.69, 9.17) is 0 Å². The van der Waals surface area contributed by atoms with Crippen molar-refractivity contribution >= 4 is 0 Å². The molecule has 0 aliphatic rings. The van der Waals surface area contributed by atoms with Crippen LogP contribution in [0.3, 0.4) is 0 Å². The second-order valence-corrected chi connectivity index (χ2v) is 5.30. The molecule has 1 unspecified atom stereocenters. The highest BCUT2D eigenvalue weighted by atomic mass is 19.1. The highest BCUT2D eigenvalue weighted by Gasteiger charge is 2.28. The summed E-state index contributed by atoms with van der Waals surface area (Å²) in [4.78, 5) is 0. The number of aryl methyl sites for hydroxylation is 1. The van der Waals surface area contributed by atoms with E-state index in [0.29, 0.717) is 12.0 Å². The van der Waals surface area contributed by atoms with Crippen LogP contribution in [0.2, 0.25) is 0 Å². The third-order valence-corrected chi connectivity index (χ3v) is 3.68. The lowest BCUT2D eigenvalue weighted by Crippen LogP contribution is -2.30. The first-order valence-electron chi connectivity index (χ1n) is 6.47. The fourth-order valence-electron chi connectivity index (χ4n) is 2.55. The summed E-state index contributed by atoms with van der Waals surface area (Å²) in [7, 11) is 0. The van der Waals surface area contributed by atoms with Crippen LogP contribution in [0.5, 0.6) is 0 Å². The zero-order valence-electron chi connectivity index (χ0n) is 11.4. The molecule has 0 amide bonds. The predicted octanol–water partition coefficient (Wildman–Crippen LogP) is 3.63. The molecule has 0 spiro atoms. The van der Waals surface area contributed by atoms with E-state index in [1.54, 1.807) is 12.1 Å². The molecule has 0 aromatic heterocycles. The molecule has 2 aromatic carbocycles. The molecular formula is C17H19FO. The molecule has 0 aliphatic carbocycles. The smallest absolute Gasteiger partial charge is 0.126 e. The molecule has 0 radical (unpaired) electrons. The minimum atomic E-state index is -0.465. The molecule has 1 atom stereocenters. The minimum absolute atomic E-state index is 0.00775. The lowest BCUT2D eigenvalue weighted by molar-refractivity contribution is 0.203. The van der Waals surface area contributed by atoms with Gasteiger partial charge in [0.15, 0.2) is 0 Å². The van der Waals surface area contributed by atoms with Crippen LogP contribution in [0.4, 0.5) is 4.39 Å². The van der Waals surface area contributed by atoms with Crippen LogP contribution in [0.1, 0.15) is 23.6 Å². The maximum Gasteiger partial charge on any atom is 0.126 e. The lowest BCUT2D eigenvalue weighted by Gasteiger charge is -2.30. The van der Waals surface area contributed by atoms with Crippen molar-refractivity contribution in [2.45, 2.75) is 25.7 Å². The molecule has 0 bridgehead atoms. The molecule has 0 saturated carbocycles. The van der Waals surface area contributed by atoms with Crippen molar-refractivity contribution in [2.75, 3.05) is 6.61 Å². The molecule has 2 rings (SSSR count). The predicted molar refractivity (Wildman–Crippen MR) is 75.7 cm³/mol. The lowest BCUT2D eigenvalue weighted by atomic mass is 9.76. The summed E-state index contributed by atoms with van der Waals surface area (Å²) in [5, 5.41) is 9.79. The van der Waals surface area contributed by atoms with Gasteiger partial charge < -0.3 is 5.11 Å². The van der Waals surface area contributed by atoms with Gasteiger partial charge in [0.1, 0.15) is 5.82 Å². The van der Waals surface area contributed by atoms with Crippen molar-refractivity contribution in [3.8, 4) is 0 Å². The van der Waals surface area contributed by atoms with Gasteiger partial charge in [-0.25, -0.2) is 4.39 Å². The Kier molecular flexibility index (Phi) is 4.01. The average Bonchev–Trinajstić information content (AvgIpc) is 2.42. The van der Waals surface area contributed by atoms with Crippen LogP contribution in [-0.4, -0.2) is 11.7 Å². The summed E-state index contributed by atoms with van der Waals surface area (Å²) in [6.07, 6.45) is 0.487. The normalized spacial score (nSPS) is 14.1. The quantitative estimate of drug-likeness (QED) is 0.888. The van der Waals surface area contributed by atoms with Gasteiger partial charge >= 0.3 is 0 Å². The van der Waals surface area contributed by atoms with Crippen LogP contribution >= 0.6 is 0 Å². The van der Waals surface area contributed by atoms with Crippen LogP contribution in [-0.2, 0) is 11.8 Å². The fraction of sp³-hybridized carbons (Fsp3) is 0.294. The Labute approximate surface area is 113 Å². The first-order chi connectivity index (χ1) is 9.07. The van der Waals surface area contributed by atoms with E-state index in [1.165, 1.54) is 6.07 Å². The Morgan fingerprint density at radius 2 is 1.68 bits per heavy atom. The number of aliphatic hydroxyl groups excluding tert-OH is 1. The summed E-state index contributed by atoms with van der Waals surface area (Å²) in [5.41, 5.74) is 2.37. The highest BCUT2D eigenvalue weighted by Crippen LogP contribution is 2.30. The van der Waals surface area contributed by atoms with Crippen molar-refractivity contribution in [2.24, 2.45) is 0 Å². The Bertz CT molecular complexity index is 565. The maximum atomic E-state index is 13.8. The SMILES string of the molecule is Cc1ccccc1C(C)(CO)Cc1ccccc1F. The second-order valence-electron chi connectivity index (χ2n) is 5.30. The zero-order valence-corrected chi connectivity index (χ0v) is 11.4. The standard InChI is InChI=1S/C17H19FO/c1-13-7-3-5-9-15(13)17(2,12-19)11-14-8-4-6-10-16(14)18/h3-10,19H,11-12H2,1-2H3. The largest absolute Gasteiger partial charge is 0.395 e. The molecule has 0 aliphatic heterocycles. The van der Waals surface area contributed by atoms with Gasteiger partial charge in [0.2, 0.25) is 0 Å². The molecular weight excluding hydrogens is 239 g/mol. The third-order valence-electron chi connectivity index (χ3n) is 3.68. The van der Waals surface area contributed by atoms with Crippen LogP contribution in [0.15, 0.2) is 48.5 Å². The monoisotopic (exact) mass is 258 g/mol. The maximum absolute atomic E-state index is 13.8. The molecule has 1 N–H and O–H groups in total. The zero-order chi connectivity index (χ0) is 13.9. The summed E-state index contributed by atoms with van der Waals surface area (Å²) < 4.78 is 13.8. The number of hydrogen-bond donors (Lipinski definition) is 1. The van der Waals surface area contributed by atoms with Gasteiger partial charge in [-0.05, 0) is 36.1 Å². The Morgan fingerprint density at radius 1 is 1.05 bits per heavy atom. The van der Waals surface area contributed by atoms with E-state index >= 15 is 0 Å². The number of aliphatic hydroxyl groups is 1. The summed E-state index contributed by atoms with van der Waals surface area (Å²) in [6.45, 7) is 3.98. The van der Waals surface area contributed by atoms with E-state index in [-0.39, 0.29) is 12.4 Å². The van der Waals surface area contributed by atoms with E-state index < -0.39 is 5.41 Å². The Morgan fingerprint density at radius 3 is 2.32 bits per heavy atom. The van der Waals surface area contributed by atoms with Crippen LogP contribution < -0.4 is 0 Å². The third kappa shape index (κ3) is 2.85. The van der Waals surface area contributed by atoms with E-state index in [1.807, 2.05) is 44.2 Å². The van der Waals surface area contributed by atoms with E-state index in [2.05, 4.69) is 0 Å². The van der Waals surface area contributed by atoms with Crippen molar-refractivity contribution in [1.29, 1.82) is 0 Å². The van der Waals surface area contributed by atoms with Crippen molar-refractivity contribution in [1.82, 2.24) is 0 Å². The van der Waals surface area contributed by atoms with Gasteiger partial charge in [0, 0.05) is 5.41 Å². The number of hydrogen-bond acceptors (Lipinski definition) is 1. The molecule has 0 heterocycles. The molecule has 0 fully saturated rings. The van der Waals surface area contributed by atoms with Gasteiger partial charge in [-0.15, -0.1) is 0 Å². The van der Waals surface area contributed by atoms with Crippen molar-refractivity contribution in [3.63, 3.8) is 0 Å². The Balaban J connectivity index is 2.39. The summed E-state index contributed by atoms with van der Waals surface area (Å²) in [5.74, 6) is -0.212. The van der Waals surface area contributed by atoms with Crippen LogP contribution in [0.25, 0.3) is 0 Å². The van der Waals surface area contributed by atoms with Crippen molar-refractivity contribution < 1.29 is 9.50 Å². The molecule has 0 saturated heterocycles. The van der Waals surface area contributed by atoms with Gasteiger partial charge in [0.05, 0.1) is 6.61 Å². The number of rotatable bonds is 4. The average molecular weight is 258 g/mol. The van der Waals surface area contributed by atoms with E-state index in [0.717, 1.165) is 11.1 Å². The first-order valence-corrected chi connectivity index (χ1v) is 6.47. The molecule has 100 valence electrons. The molecule has 2 aromatic rings. The Hall–Kier alpha value is -1.67. The van der Waals surface area contributed by atoms with Gasteiger partial charge in [-0.3, -0.25) is 0 Å². The summed E-state index contributed by atoms with van der Waals surface area (Å²) in [6, 6.07) is 14.7. The first kappa shape index (κ1) is 13.8. The van der Waals surface area contributed by atoms with Crippen LogP contribution in [0, 0.1) is 12.7 Å². The second kappa shape index (κ2) is 5.54. The molecule has 2 heteroatoms. The molecule has 1 nitrogen and oxygen atoms in total. The van der Waals surface area contributed by atoms with Crippen molar-refractivity contribution in [3.05, 3.63) is 71.0 Å². The summed E-state index contributed by atoms with van der Waals surface area (Å²) >= 11 is 0. The number of halogens is 1. The van der Waals surface area contributed by atoms with E-state index in [9.17, 15) is 9.50 Å². The fourth-order valence-corrected chi connectivity index (χ4v) is 2.55. The number of benzene rings is 2. The van der Waals surface area contributed by atoms with Gasteiger partial charge in [0.25, 0.3) is 0 Å².